The van der Waals surface area contributed by atoms with Crippen LogP contribution in [0.2, 0.25) is 0 Å². The average Bonchev–Trinajstić information content (AvgIpc) is 3.48. The minimum atomic E-state index is -0.412. The number of furan rings is 1. The number of nitrogens with zero attached hydrogens (tertiary/aromatic N) is 5. The number of fused-ring (bicyclic) bond motifs is 1. The summed E-state index contributed by atoms with van der Waals surface area (Å²) in [6.07, 6.45) is 2.27. The van der Waals surface area contributed by atoms with Crippen LogP contribution in [0.15, 0.2) is 45.8 Å². The Morgan fingerprint density at radius 3 is 2.77 bits per heavy atom. The first-order valence-electron chi connectivity index (χ1n) is 11.7. The Labute approximate surface area is 202 Å². The fraction of sp³-hybridized carbons (Fsp3) is 0.400. The Kier molecular flexibility index (Phi) is 7.40. The first-order chi connectivity index (χ1) is 16.9. The van der Waals surface area contributed by atoms with Gasteiger partial charge < -0.3 is 14.1 Å². The Balaban J connectivity index is 1.71. The number of pyridine rings is 1. The molecular weight excluding hydrogens is 448 g/mol. The minimum Gasteiger partial charge on any atom is -0.468 e. The van der Waals surface area contributed by atoms with Crippen LogP contribution in [0.1, 0.15) is 54.6 Å². The number of hydrogen-bond donors (Lipinski definition) is 1. The molecule has 3 heterocycles. The Bertz CT molecular complexity index is 1360. The number of ether oxygens (including phenoxy) is 1. The van der Waals surface area contributed by atoms with Crippen molar-refractivity contribution < 1.29 is 13.9 Å². The van der Waals surface area contributed by atoms with Gasteiger partial charge in [-0.15, -0.1) is 5.10 Å². The lowest BCUT2D eigenvalue weighted by Gasteiger charge is -2.29. The third-order valence-corrected chi connectivity index (χ3v) is 5.95. The van der Waals surface area contributed by atoms with Crippen LogP contribution in [0.5, 0.6) is 0 Å². The highest BCUT2D eigenvalue weighted by atomic mass is 16.5. The second-order valence-corrected chi connectivity index (χ2v) is 8.58. The van der Waals surface area contributed by atoms with E-state index in [1.807, 2.05) is 39.0 Å². The molecular formula is C25H30N6O4. The fourth-order valence-corrected chi connectivity index (χ4v) is 4.44. The Morgan fingerprint density at radius 2 is 2.06 bits per heavy atom. The minimum absolute atomic E-state index is 0.0869. The maximum absolute atomic E-state index is 13.1. The van der Waals surface area contributed by atoms with Crippen LogP contribution in [0.25, 0.3) is 10.9 Å². The van der Waals surface area contributed by atoms with E-state index in [1.165, 1.54) is 4.68 Å². The van der Waals surface area contributed by atoms with E-state index >= 15 is 0 Å². The van der Waals surface area contributed by atoms with Crippen molar-refractivity contribution in [1.82, 2.24) is 30.1 Å². The smallest absolute Gasteiger partial charge is 0.327 e. The zero-order valence-corrected chi connectivity index (χ0v) is 20.4. The van der Waals surface area contributed by atoms with Crippen molar-refractivity contribution in [2.45, 2.75) is 59.8 Å². The second kappa shape index (κ2) is 10.6. The summed E-state index contributed by atoms with van der Waals surface area (Å²) in [4.78, 5) is 30.3. The number of rotatable bonds is 10. The van der Waals surface area contributed by atoms with E-state index < -0.39 is 5.97 Å². The van der Waals surface area contributed by atoms with E-state index in [2.05, 4.69) is 37.5 Å². The maximum Gasteiger partial charge on any atom is 0.327 e. The number of aryl methyl sites for hydroxylation is 2. The number of carbonyl (C=O) groups excluding carboxylic acids is 1. The maximum atomic E-state index is 13.1. The molecule has 3 aromatic heterocycles. The number of tetrazole rings is 1. The topological polar surface area (TPSA) is 119 Å². The van der Waals surface area contributed by atoms with E-state index in [1.54, 1.807) is 13.2 Å². The molecule has 0 fully saturated rings. The van der Waals surface area contributed by atoms with Gasteiger partial charge in [0.2, 0.25) is 0 Å². The van der Waals surface area contributed by atoms with Gasteiger partial charge in [-0.25, -0.2) is 4.68 Å². The average molecular weight is 479 g/mol. The molecule has 0 aliphatic rings. The van der Waals surface area contributed by atoms with E-state index in [0.717, 1.165) is 27.8 Å². The molecule has 4 rings (SSSR count). The summed E-state index contributed by atoms with van der Waals surface area (Å²) >= 11 is 0. The summed E-state index contributed by atoms with van der Waals surface area (Å²) in [5, 5.41) is 13.0. The standard InChI is InChI=1S/C25H30N6O4/c1-5-21(24-27-28-29-31(24)15-22(32)34-6-2)30(14-20-8-7-9-35-20)13-19-12-18-11-16(3)10-17(4)23(18)26-25(19)33/h7-12,21H,5-6,13-15H2,1-4H3,(H,26,33)/t21-/m1/s1. The molecule has 10 nitrogen and oxygen atoms in total. The zero-order valence-electron chi connectivity index (χ0n) is 20.4. The molecule has 0 bridgehead atoms. The Morgan fingerprint density at radius 1 is 1.23 bits per heavy atom. The van der Waals surface area contributed by atoms with Crippen molar-refractivity contribution in [2.75, 3.05) is 6.61 Å². The summed E-state index contributed by atoms with van der Waals surface area (Å²) in [6.45, 7) is 8.76. The molecule has 10 heteroatoms. The van der Waals surface area contributed by atoms with Crippen LogP contribution >= 0.6 is 0 Å². The molecule has 0 aliphatic carbocycles. The van der Waals surface area contributed by atoms with Gasteiger partial charge in [0.1, 0.15) is 12.3 Å². The third-order valence-electron chi connectivity index (χ3n) is 5.95. The van der Waals surface area contributed by atoms with Gasteiger partial charge in [0.25, 0.3) is 5.56 Å². The predicted octanol–water partition coefficient (Wildman–Crippen LogP) is 3.44. The summed E-state index contributed by atoms with van der Waals surface area (Å²) in [6, 6.07) is 9.50. The zero-order chi connectivity index (χ0) is 24.9. The van der Waals surface area contributed by atoms with Crippen LogP contribution in [0, 0.1) is 13.8 Å². The second-order valence-electron chi connectivity index (χ2n) is 8.58. The highest BCUT2D eigenvalue weighted by molar-refractivity contribution is 5.82. The highest BCUT2D eigenvalue weighted by Crippen LogP contribution is 2.27. The van der Waals surface area contributed by atoms with E-state index in [9.17, 15) is 9.59 Å². The normalized spacial score (nSPS) is 12.4. The van der Waals surface area contributed by atoms with E-state index in [-0.39, 0.29) is 24.8 Å². The summed E-state index contributed by atoms with van der Waals surface area (Å²) in [7, 11) is 0. The molecule has 0 saturated heterocycles. The third kappa shape index (κ3) is 5.48. The Hall–Kier alpha value is -3.79. The summed E-state index contributed by atoms with van der Waals surface area (Å²) < 4.78 is 12.1. The number of benzene rings is 1. The first-order valence-corrected chi connectivity index (χ1v) is 11.7. The number of aromatic nitrogens is 5. The molecule has 0 radical (unpaired) electrons. The number of nitrogens with one attached hydrogen (secondary N) is 1. The molecule has 0 unspecified atom stereocenters. The van der Waals surface area contributed by atoms with E-state index in [0.29, 0.717) is 30.9 Å². The monoisotopic (exact) mass is 478 g/mol. The fourth-order valence-electron chi connectivity index (χ4n) is 4.44. The van der Waals surface area contributed by atoms with Crippen molar-refractivity contribution in [3.05, 3.63) is 75.2 Å². The molecule has 184 valence electrons. The SMILES string of the molecule is CCOC(=O)Cn1nnnc1[C@@H](CC)N(Cc1ccco1)Cc1cc2cc(C)cc(C)c2[nH]c1=O. The largest absolute Gasteiger partial charge is 0.468 e. The number of carbonyl (C=O) groups is 1. The molecule has 4 aromatic rings. The number of H-pyrrole nitrogens is 1. The predicted molar refractivity (Wildman–Crippen MR) is 129 cm³/mol. The molecule has 35 heavy (non-hydrogen) atoms. The lowest BCUT2D eigenvalue weighted by atomic mass is 10.0. The molecule has 1 N–H and O–H groups in total. The lowest BCUT2D eigenvalue weighted by Crippen LogP contribution is -2.33. The van der Waals surface area contributed by atoms with Gasteiger partial charge in [0.15, 0.2) is 5.82 Å². The summed E-state index contributed by atoms with van der Waals surface area (Å²) in [5.41, 5.74) is 3.48. The molecule has 0 aliphatic heterocycles. The van der Waals surface area contributed by atoms with Gasteiger partial charge in [-0.1, -0.05) is 18.6 Å². The molecule has 1 aromatic carbocycles. The molecule has 1 atom stereocenters. The van der Waals surface area contributed by atoms with Gasteiger partial charge in [-0.2, -0.15) is 0 Å². The lowest BCUT2D eigenvalue weighted by molar-refractivity contribution is -0.144. The van der Waals surface area contributed by atoms with Gasteiger partial charge in [0.05, 0.1) is 31.0 Å². The quantitative estimate of drug-likeness (QED) is 0.344. The number of hydrogen-bond acceptors (Lipinski definition) is 8. The summed E-state index contributed by atoms with van der Waals surface area (Å²) in [5.74, 6) is 0.859. The van der Waals surface area contributed by atoms with Crippen LogP contribution in [-0.2, 0) is 29.2 Å². The highest BCUT2D eigenvalue weighted by Gasteiger charge is 2.27. The van der Waals surface area contributed by atoms with Gasteiger partial charge in [-0.05, 0) is 72.8 Å². The molecule has 0 spiro atoms. The molecule has 0 amide bonds. The number of esters is 1. The first kappa shape index (κ1) is 24.3. The number of aromatic amines is 1. The van der Waals surface area contributed by atoms with Crippen LogP contribution in [0.4, 0.5) is 0 Å². The van der Waals surface area contributed by atoms with Crippen molar-refractivity contribution in [3.63, 3.8) is 0 Å². The van der Waals surface area contributed by atoms with Gasteiger partial charge >= 0.3 is 5.97 Å². The van der Waals surface area contributed by atoms with Crippen LogP contribution in [0.3, 0.4) is 0 Å². The van der Waals surface area contributed by atoms with Crippen molar-refractivity contribution in [1.29, 1.82) is 0 Å². The van der Waals surface area contributed by atoms with Crippen molar-refractivity contribution >= 4 is 16.9 Å². The van der Waals surface area contributed by atoms with E-state index in [4.69, 9.17) is 9.15 Å². The van der Waals surface area contributed by atoms with Crippen molar-refractivity contribution in [3.8, 4) is 0 Å². The van der Waals surface area contributed by atoms with Crippen LogP contribution in [-0.4, -0.2) is 42.7 Å². The van der Waals surface area contributed by atoms with Crippen LogP contribution < -0.4 is 5.56 Å². The van der Waals surface area contributed by atoms with Crippen molar-refractivity contribution in [2.24, 2.45) is 0 Å². The van der Waals surface area contributed by atoms with Gasteiger partial charge in [-0.3, -0.25) is 14.5 Å². The van der Waals surface area contributed by atoms with Gasteiger partial charge in [0, 0.05) is 12.1 Å². The molecule has 0 saturated carbocycles.